The summed E-state index contributed by atoms with van der Waals surface area (Å²) in [6.07, 6.45) is -0.0624. The molecular formula is C14H21NO2. The van der Waals surface area contributed by atoms with Gasteiger partial charge in [-0.05, 0) is 37.5 Å². The molecule has 17 heavy (non-hydrogen) atoms. The standard InChI is InChI=1S/C14H21NO2/c1-10(2)12-5-7-13(8-6-12)15-9-14(16)17-11(3)4/h5-8,10-11,15H,9H2,1-4H3. The van der Waals surface area contributed by atoms with Crippen molar-refractivity contribution in [2.45, 2.75) is 39.7 Å². The number of benzene rings is 1. The maximum atomic E-state index is 11.3. The Morgan fingerprint density at radius 2 is 1.76 bits per heavy atom. The van der Waals surface area contributed by atoms with E-state index in [0.29, 0.717) is 5.92 Å². The molecule has 0 saturated carbocycles. The van der Waals surface area contributed by atoms with Crippen LogP contribution in [0.4, 0.5) is 5.69 Å². The molecule has 0 heterocycles. The molecule has 94 valence electrons. The number of hydrogen-bond donors (Lipinski definition) is 1. The number of carbonyl (C=O) groups is 1. The van der Waals surface area contributed by atoms with E-state index in [0.717, 1.165) is 5.69 Å². The van der Waals surface area contributed by atoms with E-state index in [4.69, 9.17) is 4.74 Å². The molecular weight excluding hydrogens is 214 g/mol. The van der Waals surface area contributed by atoms with Crippen molar-refractivity contribution < 1.29 is 9.53 Å². The third-order valence-corrected chi connectivity index (χ3v) is 2.38. The topological polar surface area (TPSA) is 38.3 Å². The van der Waals surface area contributed by atoms with Crippen LogP contribution in [0.3, 0.4) is 0 Å². The van der Waals surface area contributed by atoms with E-state index >= 15 is 0 Å². The predicted molar refractivity (Wildman–Crippen MR) is 70.2 cm³/mol. The predicted octanol–water partition coefficient (Wildman–Crippen LogP) is 3.17. The Morgan fingerprint density at radius 3 is 2.24 bits per heavy atom. The summed E-state index contributed by atoms with van der Waals surface area (Å²) in [5, 5.41) is 3.04. The van der Waals surface area contributed by atoms with Gasteiger partial charge in [-0.3, -0.25) is 4.79 Å². The first kappa shape index (κ1) is 13.6. The fourth-order valence-corrected chi connectivity index (χ4v) is 1.46. The second kappa shape index (κ2) is 6.28. The van der Waals surface area contributed by atoms with Crippen LogP contribution >= 0.6 is 0 Å². The highest BCUT2D eigenvalue weighted by atomic mass is 16.5. The molecule has 0 unspecified atom stereocenters. The van der Waals surface area contributed by atoms with Gasteiger partial charge in [0.2, 0.25) is 0 Å². The molecule has 0 amide bonds. The Morgan fingerprint density at radius 1 is 1.18 bits per heavy atom. The molecule has 0 aliphatic heterocycles. The number of esters is 1. The summed E-state index contributed by atoms with van der Waals surface area (Å²) in [6.45, 7) is 8.20. The number of hydrogen-bond acceptors (Lipinski definition) is 3. The second-order valence-electron chi connectivity index (χ2n) is 4.67. The highest BCUT2D eigenvalue weighted by molar-refractivity contribution is 5.75. The van der Waals surface area contributed by atoms with Gasteiger partial charge in [0, 0.05) is 5.69 Å². The smallest absolute Gasteiger partial charge is 0.325 e. The van der Waals surface area contributed by atoms with Crippen LogP contribution in [0.1, 0.15) is 39.2 Å². The van der Waals surface area contributed by atoms with Gasteiger partial charge < -0.3 is 10.1 Å². The van der Waals surface area contributed by atoms with E-state index in [1.54, 1.807) is 0 Å². The average Bonchev–Trinajstić information content (AvgIpc) is 2.26. The minimum absolute atomic E-state index is 0.0624. The lowest BCUT2D eigenvalue weighted by atomic mass is 10.0. The Labute approximate surface area is 103 Å². The molecule has 0 radical (unpaired) electrons. The normalized spacial score (nSPS) is 10.7. The molecule has 0 bridgehead atoms. The summed E-state index contributed by atoms with van der Waals surface area (Å²) < 4.78 is 5.03. The third-order valence-electron chi connectivity index (χ3n) is 2.38. The Balaban J connectivity index is 2.44. The van der Waals surface area contributed by atoms with Crippen LogP contribution in [0.2, 0.25) is 0 Å². The Hall–Kier alpha value is -1.51. The molecule has 1 N–H and O–H groups in total. The van der Waals surface area contributed by atoms with Crippen LogP contribution in [-0.2, 0) is 9.53 Å². The highest BCUT2D eigenvalue weighted by Crippen LogP contribution is 2.16. The van der Waals surface area contributed by atoms with Crippen LogP contribution < -0.4 is 5.32 Å². The summed E-state index contributed by atoms with van der Waals surface area (Å²) >= 11 is 0. The third kappa shape index (κ3) is 4.89. The van der Waals surface area contributed by atoms with Gasteiger partial charge in [-0.2, -0.15) is 0 Å². The zero-order valence-electron chi connectivity index (χ0n) is 11.0. The molecule has 0 spiro atoms. The lowest BCUT2D eigenvalue weighted by Gasteiger charge is -2.10. The van der Waals surface area contributed by atoms with E-state index in [2.05, 4.69) is 31.3 Å². The first-order valence-electron chi connectivity index (χ1n) is 6.02. The minimum Gasteiger partial charge on any atom is -0.462 e. The van der Waals surface area contributed by atoms with E-state index in [9.17, 15) is 4.79 Å². The number of ether oxygens (including phenoxy) is 1. The second-order valence-corrected chi connectivity index (χ2v) is 4.67. The van der Waals surface area contributed by atoms with Crippen molar-refractivity contribution in [3.05, 3.63) is 29.8 Å². The molecule has 0 aliphatic carbocycles. The quantitative estimate of drug-likeness (QED) is 0.797. The SMILES string of the molecule is CC(C)OC(=O)CNc1ccc(C(C)C)cc1. The van der Waals surface area contributed by atoms with Gasteiger partial charge >= 0.3 is 5.97 Å². The summed E-state index contributed by atoms with van der Waals surface area (Å²) in [4.78, 5) is 11.3. The molecule has 0 aromatic heterocycles. The summed E-state index contributed by atoms with van der Waals surface area (Å²) in [5.41, 5.74) is 2.23. The van der Waals surface area contributed by atoms with Crippen molar-refractivity contribution in [3.8, 4) is 0 Å². The van der Waals surface area contributed by atoms with E-state index < -0.39 is 0 Å². The first-order chi connectivity index (χ1) is 7.99. The zero-order chi connectivity index (χ0) is 12.8. The van der Waals surface area contributed by atoms with Gasteiger partial charge in [-0.15, -0.1) is 0 Å². The van der Waals surface area contributed by atoms with Crippen LogP contribution in [0.15, 0.2) is 24.3 Å². The summed E-state index contributed by atoms with van der Waals surface area (Å²) in [5.74, 6) is 0.294. The fraction of sp³-hybridized carbons (Fsp3) is 0.500. The van der Waals surface area contributed by atoms with Crippen molar-refractivity contribution in [2.24, 2.45) is 0 Å². The number of rotatable bonds is 5. The van der Waals surface area contributed by atoms with Crippen molar-refractivity contribution >= 4 is 11.7 Å². The summed E-state index contributed by atoms with van der Waals surface area (Å²) in [6, 6.07) is 8.11. The van der Waals surface area contributed by atoms with Gasteiger partial charge in [0.05, 0.1) is 6.10 Å². The van der Waals surface area contributed by atoms with Gasteiger partial charge in [0.1, 0.15) is 6.54 Å². The Kier molecular flexibility index (Phi) is 5.01. The maximum Gasteiger partial charge on any atom is 0.325 e. The van der Waals surface area contributed by atoms with Crippen molar-refractivity contribution in [3.63, 3.8) is 0 Å². The minimum atomic E-state index is -0.229. The van der Waals surface area contributed by atoms with Crippen molar-refractivity contribution in [1.29, 1.82) is 0 Å². The lowest BCUT2D eigenvalue weighted by molar-refractivity contribution is -0.145. The van der Waals surface area contributed by atoms with Crippen LogP contribution in [-0.4, -0.2) is 18.6 Å². The molecule has 3 nitrogen and oxygen atoms in total. The molecule has 0 saturated heterocycles. The number of anilines is 1. The van der Waals surface area contributed by atoms with Crippen molar-refractivity contribution in [1.82, 2.24) is 0 Å². The molecule has 3 heteroatoms. The average molecular weight is 235 g/mol. The van der Waals surface area contributed by atoms with Crippen LogP contribution in [0.5, 0.6) is 0 Å². The monoisotopic (exact) mass is 235 g/mol. The van der Waals surface area contributed by atoms with Crippen molar-refractivity contribution in [2.75, 3.05) is 11.9 Å². The van der Waals surface area contributed by atoms with Gasteiger partial charge in [0.15, 0.2) is 0 Å². The number of carbonyl (C=O) groups excluding carboxylic acids is 1. The molecule has 0 aliphatic rings. The molecule has 0 fully saturated rings. The summed E-state index contributed by atoms with van der Waals surface area (Å²) in [7, 11) is 0. The fourth-order valence-electron chi connectivity index (χ4n) is 1.46. The Bertz CT molecular complexity index is 355. The zero-order valence-corrected chi connectivity index (χ0v) is 11.0. The van der Waals surface area contributed by atoms with E-state index in [1.807, 2.05) is 26.0 Å². The lowest BCUT2D eigenvalue weighted by Crippen LogP contribution is -2.20. The maximum absolute atomic E-state index is 11.3. The van der Waals surface area contributed by atoms with E-state index in [-0.39, 0.29) is 18.6 Å². The largest absolute Gasteiger partial charge is 0.462 e. The van der Waals surface area contributed by atoms with E-state index in [1.165, 1.54) is 5.56 Å². The molecule has 1 aromatic carbocycles. The molecule has 1 aromatic rings. The highest BCUT2D eigenvalue weighted by Gasteiger charge is 2.05. The van der Waals surface area contributed by atoms with Crippen LogP contribution in [0, 0.1) is 0 Å². The molecule has 0 atom stereocenters. The van der Waals surface area contributed by atoms with Gasteiger partial charge in [0.25, 0.3) is 0 Å². The van der Waals surface area contributed by atoms with Crippen LogP contribution in [0.25, 0.3) is 0 Å². The molecule has 1 rings (SSSR count). The van der Waals surface area contributed by atoms with Gasteiger partial charge in [-0.25, -0.2) is 0 Å². The van der Waals surface area contributed by atoms with Gasteiger partial charge in [-0.1, -0.05) is 26.0 Å². The first-order valence-corrected chi connectivity index (χ1v) is 6.02. The number of nitrogens with one attached hydrogen (secondary N) is 1.